The molecule has 0 atom stereocenters. The number of rotatable bonds is 13. The van der Waals surface area contributed by atoms with E-state index in [-0.39, 0.29) is 0 Å². The zero-order valence-corrected chi connectivity index (χ0v) is 17.2. The SMILES string of the molecule is CCCCCCCCc1cc(OCC)ccc1S(=O)(=O)N(C)CCC. The van der Waals surface area contributed by atoms with E-state index in [1.807, 2.05) is 19.9 Å². The Bertz CT molecular complexity index is 599. The highest BCUT2D eigenvalue weighted by atomic mass is 32.2. The molecule has 144 valence electrons. The zero-order chi connectivity index (χ0) is 18.7. The van der Waals surface area contributed by atoms with Crippen molar-refractivity contribution in [2.24, 2.45) is 0 Å². The zero-order valence-electron chi connectivity index (χ0n) is 16.4. The van der Waals surface area contributed by atoms with Crippen molar-refractivity contribution < 1.29 is 13.2 Å². The van der Waals surface area contributed by atoms with E-state index in [1.54, 1.807) is 19.2 Å². The lowest BCUT2D eigenvalue weighted by atomic mass is 10.0. The van der Waals surface area contributed by atoms with Gasteiger partial charge < -0.3 is 4.74 Å². The minimum atomic E-state index is -3.44. The van der Waals surface area contributed by atoms with E-state index < -0.39 is 10.0 Å². The summed E-state index contributed by atoms with van der Waals surface area (Å²) in [5, 5.41) is 0. The number of aryl methyl sites for hydroxylation is 1. The Morgan fingerprint density at radius 1 is 0.960 bits per heavy atom. The van der Waals surface area contributed by atoms with Gasteiger partial charge in [0, 0.05) is 13.6 Å². The summed E-state index contributed by atoms with van der Waals surface area (Å²) >= 11 is 0. The molecule has 0 aliphatic rings. The minimum Gasteiger partial charge on any atom is -0.494 e. The van der Waals surface area contributed by atoms with Gasteiger partial charge in [-0.25, -0.2) is 12.7 Å². The molecule has 0 saturated carbocycles. The van der Waals surface area contributed by atoms with Crippen LogP contribution in [0.15, 0.2) is 23.1 Å². The molecule has 5 heteroatoms. The molecule has 0 fully saturated rings. The van der Waals surface area contributed by atoms with Crippen LogP contribution >= 0.6 is 0 Å². The summed E-state index contributed by atoms with van der Waals surface area (Å²) in [5.74, 6) is 0.751. The average molecular weight is 370 g/mol. The van der Waals surface area contributed by atoms with Gasteiger partial charge in [0.2, 0.25) is 10.0 Å². The summed E-state index contributed by atoms with van der Waals surface area (Å²) in [5.41, 5.74) is 0.879. The molecule has 0 bridgehead atoms. The van der Waals surface area contributed by atoms with Crippen LogP contribution in [-0.2, 0) is 16.4 Å². The summed E-state index contributed by atoms with van der Waals surface area (Å²) < 4.78 is 32.8. The first-order valence-corrected chi connectivity index (χ1v) is 11.1. The Hall–Kier alpha value is -1.07. The number of hydrogen-bond acceptors (Lipinski definition) is 3. The molecule has 0 amide bonds. The van der Waals surface area contributed by atoms with E-state index >= 15 is 0 Å². The van der Waals surface area contributed by atoms with Crippen LogP contribution in [0.5, 0.6) is 5.75 Å². The second-order valence-corrected chi connectivity index (χ2v) is 8.56. The monoisotopic (exact) mass is 369 g/mol. The highest BCUT2D eigenvalue weighted by molar-refractivity contribution is 7.89. The van der Waals surface area contributed by atoms with Crippen LogP contribution in [0.1, 0.15) is 71.3 Å². The second-order valence-electron chi connectivity index (χ2n) is 6.55. The molecule has 0 aromatic heterocycles. The summed E-state index contributed by atoms with van der Waals surface area (Å²) in [7, 11) is -1.78. The maximum Gasteiger partial charge on any atom is 0.243 e. The van der Waals surface area contributed by atoms with Crippen LogP contribution in [0, 0.1) is 0 Å². The Morgan fingerprint density at radius 3 is 2.28 bits per heavy atom. The first-order chi connectivity index (χ1) is 12.0. The van der Waals surface area contributed by atoms with Gasteiger partial charge in [-0.15, -0.1) is 0 Å². The Morgan fingerprint density at radius 2 is 1.64 bits per heavy atom. The molecule has 0 N–H and O–H groups in total. The fraction of sp³-hybridized carbons (Fsp3) is 0.700. The van der Waals surface area contributed by atoms with Gasteiger partial charge >= 0.3 is 0 Å². The van der Waals surface area contributed by atoms with E-state index in [0.29, 0.717) is 18.0 Å². The van der Waals surface area contributed by atoms with Crippen LogP contribution in [0.25, 0.3) is 0 Å². The predicted octanol–water partition coefficient (Wildman–Crippen LogP) is 5.02. The lowest BCUT2D eigenvalue weighted by molar-refractivity contribution is 0.339. The van der Waals surface area contributed by atoms with Gasteiger partial charge in [-0.1, -0.05) is 46.0 Å². The first-order valence-electron chi connectivity index (χ1n) is 9.69. The van der Waals surface area contributed by atoms with Crippen molar-refractivity contribution in [1.29, 1.82) is 0 Å². The van der Waals surface area contributed by atoms with Crippen LogP contribution in [-0.4, -0.2) is 32.9 Å². The van der Waals surface area contributed by atoms with Crippen LogP contribution < -0.4 is 4.74 Å². The van der Waals surface area contributed by atoms with Crippen LogP contribution in [0.4, 0.5) is 0 Å². The fourth-order valence-electron chi connectivity index (χ4n) is 2.96. The van der Waals surface area contributed by atoms with E-state index in [0.717, 1.165) is 37.0 Å². The van der Waals surface area contributed by atoms with Crippen molar-refractivity contribution in [3.8, 4) is 5.75 Å². The summed E-state index contributed by atoms with van der Waals surface area (Å²) in [6.07, 6.45) is 8.74. The molecule has 0 aliphatic carbocycles. The molecule has 1 rings (SSSR count). The Balaban J connectivity index is 2.92. The lowest BCUT2D eigenvalue weighted by Gasteiger charge is -2.19. The summed E-state index contributed by atoms with van der Waals surface area (Å²) in [4.78, 5) is 0.431. The van der Waals surface area contributed by atoms with Crippen molar-refractivity contribution in [3.05, 3.63) is 23.8 Å². The third-order valence-corrected chi connectivity index (χ3v) is 6.33. The number of nitrogens with zero attached hydrogens (tertiary/aromatic N) is 1. The third kappa shape index (κ3) is 6.98. The van der Waals surface area contributed by atoms with Crippen LogP contribution in [0.2, 0.25) is 0 Å². The number of hydrogen-bond donors (Lipinski definition) is 0. The highest BCUT2D eigenvalue weighted by Crippen LogP contribution is 2.26. The molecule has 0 unspecified atom stereocenters. The molecular formula is C20H35NO3S. The van der Waals surface area contributed by atoms with E-state index in [1.165, 1.54) is 30.0 Å². The van der Waals surface area contributed by atoms with Gasteiger partial charge in [0.05, 0.1) is 11.5 Å². The Kier molecular flexibility index (Phi) is 10.1. The topological polar surface area (TPSA) is 46.6 Å². The van der Waals surface area contributed by atoms with Gasteiger partial charge in [-0.3, -0.25) is 0 Å². The van der Waals surface area contributed by atoms with Crippen molar-refractivity contribution >= 4 is 10.0 Å². The maximum atomic E-state index is 12.9. The summed E-state index contributed by atoms with van der Waals surface area (Å²) in [6.45, 7) is 7.25. The predicted molar refractivity (Wildman–Crippen MR) is 105 cm³/mol. The molecule has 0 spiro atoms. The fourth-order valence-corrected chi connectivity index (χ4v) is 4.45. The lowest BCUT2D eigenvalue weighted by Crippen LogP contribution is -2.28. The third-order valence-electron chi connectivity index (χ3n) is 4.37. The van der Waals surface area contributed by atoms with Crippen molar-refractivity contribution in [1.82, 2.24) is 4.31 Å². The van der Waals surface area contributed by atoms with Crippen molar-refractivity contribution in [2.45, 2.75) is 77.0 Å². The highest BCUT2D eigenvalue weighted by Gasteiger charge is 2.23. The number of benzene rings is 1. The normalized spacial score (nSPS) is 11.9. The smallest absolute Gasteiger partial charge is 0.243 e. The molecular weight excluding hydrogens is 334 g/mol. The molecule has 25 heavy (non-hydrogen) atoms. The van der Waals surface area contributed by atoms with Gasteiger partial charge in [-0.05, 0) is 49.9 Å². The molecule has 0 radical (unpaired) electrons. The minimum absolute atomic E-state index is 0.431. The molecule has 0 heterocycles. The van der Waals surface area contributed by atoms with E-state index in [9.17, 15) is 8.42 Å². The molecule has 4 nitrogen and oxygen atoms in total. The van der Waals surface area contributed by atoms with Gasteiger partial charge in [0.25, 0.3) is 0 Å². The van der Waals surface area contributed by atoms with E-state index in [2.05, 4.69) is 6.92 Å². The molecule has 1 aromatic carbocycles. The standard InChI is InChI=1S/C20H35NO3S/c1-5-8-9-10-11-12-13-18-17-19(24-7-3)14-15-20(18)25(22,23)21(4)16-6-2/h14-15,17H,5-13,16H2,1-4H3. The average Bonchev–Trinajstić information content (AvgIpc) is 2.58. The first kappa shape index (κ1) is 22.0. The molecule has 1 aromatic rings. The molecule has 0 saturated heterocycles. The molecule has 0 aliphatic heterocycles. The quantitative estimate of drug-likeness (QED) is 0.459. The van der Waals surface area contributed by atoms with E-state index in [4.69, 9.17) is 4.74 Å². The van der Waals surface area contributed by atoms with Gasteiger partial charge in [-0.2, -0.15) is 0 Å². The largest absolute Gasteiger partial charge is 0.494 e. The Labute approximate surface area is 154 Å². The van der Waals surface area contributed by atoms with Crippen molar-refractivity contribution in [2.75, 3.05) is 20.2 Å². The summed E-state index contributed by atoms with van der Waals surface area (Å²) in [6, 6.07) is 5.38. The van der Waals surface area contributed by atoms with Crippen LogP contribution in [0.3, 0.4) is 0 Å². The van der Waals surface area contributed by atoms with Gasteiger partial charge in [0.1, 0.15) is 5.75 Å². The number of unbranched alkanes of at least 4 members (excludes halogenated alkanes) is 5. The van der Waals surface area contributed by atoms with Crippen molar-refractivity contribution in [3.63, 3.8) is 0 Å². The number of sulfonamides is 1. The van der Waals surface area contributed by atoms with Gasteiger partial charge in [0.15, 0.2) is 0 Å². The maximum absolute atomic E-state index is 12.9. The second kappa shape index (κ2) is 11.5. The number of ether oxygens (including phenoxy) is 1.